The Labute approximate surface area is 323 Å². The fraction of sp³-hybridized carbons (Fsp3) is 0.524. The van der Waals surface area contributed by atoms with E-state index in [-0.39, 0.29) is 55.7 Å². The van der Waals surface area contributed by atoms with Crippen molar-refractivity contribution in [3.63, 3.8) is 0 Å². The van der Waals surface area contributed by atoms with E-state index in [0.717, 1.165) is 36.1 Å². The Hall–Kier alpha value is -4.65. The highest BCUT2D eigenvalue weighted by Gasteiger charge is 2.61. The summed E-state index contributed by atoms with van der Waals surface area (Å²) in [4.78, 5) is 60.5. The van der Waals surface area contributed by atoms with Crippen LogP contribution in [0.25, 0.3) is 22.5 Å². The first-order valence-electron chi connectivity index (χ1n) is 19.6. The van der Waals surface area contributed by atoms with Crippen LogP contribution in [-0.4, -0.2) is 87.6 Å². The molecule has 1 aromatic heterocycles. The molecule has 12 nitrogen and oxygen atoms in total. The molecule has 1 N–H and O–H groups in total. The van der Waals surface area contributed by atoms with Crippen molar-refractivity contribution in [1.82, 2.24) is 29.5 Å². The molecule has 3 aromatic rings. The average Bonchev–Trinajstić information content (AvgIpc) is 4.07. The van der Waals surface area contributed by atoms with Gasteiger partial charge in [0.15, 0.2) is 5.78 Å². The maximum Gasteiger partial charge on any atom is 0.240 e. The zero-order chi connectivity index (χ0) is 39.1. The maximum atomic E-state index is 15.0. The van der Waals surface area contributed by atoms with Gasteiger partial charge < -0.3 is 9.80 Å². The SMILES string of the molecule is C=C[C@@H]1C[C@]1(CC(=O)[C@@H]1C[C@@H](n2nnc(-c3ccccc3)c2-c2ccccc2)CN1C(=O)[C@@H](CC(=O)N1CCCCC1)C(C)(C)C)C(=O)NS(=O)(=O)C1CC1. The van der Waals surface area contributed by atoms with Crippen molar-refractivity contribution in [3.05, 3.63) is 73.3 Å². The Morgan fingerprint density at radius 3 is 2.18 bits per heavy atom. The number of amides is 3. The normalized spacial score (nSPS) is 24.6. The second kappa shape index (κ2) is 15.1. The number of nitrogens with zero attached hydrogens (tertiary/aromatic N) is 5. The summed E-state index contributed by atoms with van der Waals surface area (Å²) in [6, 6.07) is 18.1. The summed E-state index contributed by atoms with van der Waals surface area (Å²) >= 11 is 0. The molecule has 2 saturated carbocycles. The molecule has 7 rings (SSSR count). The molecular weight excluding hydrogens is 717 g/mol. The third-order valence-electron chi connectivity index (χ3n) is 12.1. The number of likely N-dealkylation sites (tertiary alicyclic amines) is 2. The van der Waals surface area contributed by atoms with Crippen molar-refractivity contribution >= 4 is 33.5 Å². The molecule has 2 aromatic carbocycles. The molecule has 0 bridgehead atoms. The molecule has 55 heavy (non-hydrogen) atoms. The third kappa shape index (κ3) is 7.90. The summed E-state index contributed by atoms with van der Waals surface area (Å²) < 4.78 is 29.8. The van der Waals surface area contributed by atoms with Crippen molar-refractivity contribution in [3.8, 4) is 22.5 Å². The van der Waals surface area contributed by atoms with Gasteiger partial charge in [0, 0.05) is 43.6 Å². The summed E-state index contributed by atoms with van der Waals surface area (Å²) in [7, 11) is -3.85. The molecule has 0 spiro atoms. The van der Waals surface area contributed by atoms with Crippen LogP contribution in [0.4, 0.5) is 0 Å². The number of benzene rings is 2. The van der Waals surface area contributed by atoms with Gasteiger partial charge in [-0.2, -0.15) is 0 Å². The minimum Gasteiger partial charge on any atom is -0.343 e. The Kier molecular flexibility index (Phi) is 10.6. The highest BCUT2D eigenvalue weighted by Crippen LogP contribution is 2.57. The topological polar surface area (TPSA) is 152 Å². The molecule has 13 heteroatoms. The van der Waals surface area contributed by atoms with E-state index in [2.05, 4.69) is 21.6 Å². The lowest BCUT2D eigenvalue weighted by Crippen LogP contribution is -2.49. The predicted molar refractivity (Wildman–Crippen MR) is 208 cm³/mol. The molecule has 5 atom stereocenters. The van der Waals surface area contributed by atoms with Gasteiger partial charge in [-0.25, -0.2) is 13.1 Å². The van der Waals surface area contributed by atoms with E-state index in [1.807, 2.05) is 91.0 Å². The first kappa shape index (κ1) is 38.6. The van der Waals surface area contributed by atoms with Gasteiger partial charge in [0.25, 0.3) is 0 Å². The average molecular weight is 769 g/mol. The van der Waals surface area contributed by atoms with E-state index in [1.165, 1.54) is 0 Å². The van der Waals surface area contributed by atoms with E-state index < -0.39 is 50.0 Å². The molecule has 2 aliphatic heterocycles. The number of rotatable bonds is 13. The summed E-state index contributed by atoms with van der Waals surface area (Å²) in [5, 5.41) is 8.69. The van der Waals surface area contributed by atoms with Crippen molar-refractivity contribution in [2.45, 2.75) is 95.9 Å². The van der Waals surface area contributed by atoms with E-state index in [4.69, 9.17) is 0 Å². The molecule has 0 unspecified atom stereocenters. The fourth-order valence-corrected chi connectivity index (χ4v) is 9.85. The number of ketones is 1. The van der Waals surface area contributed by atoms with Crippen LogP contribution >= 0.6 is 0 Å². The van der Waals surface area contributed by atoms with Crippen LogP contribution in [0.2, 0.25) is 0 Å². The summed E-state index contributed by atoms with van der Waals surface area (Å²) in [5.41, 5.74) is 1.27. The number of allylic oxidation sites excluding steroid dienone is 1. The lowest BCUT2D eigenvalue weighted by Gasteiger charge is -2.36. The molecule has 292 valence electrons. The maximum absolute atomic E-state index is 15.0. The minimum absolute atomic E-state index is 0.0189. The number of hydrogen-bond donors (Lipinski definition) is 1. The van der Waals surface area contributed by atoms with Gasteiger partial charge in [-0.15, -0.1) is 11.7 Å². The second-order valence-electron chi connectivity index (χ2n) is 16.9. The van der Waals surface area contributed by atoms with Crippen LogP contribution in [-0.2, 0) is 29.2 Å². The summed E-state index contributed by atoms with van der Waals surface area (Å²) in [6.45, 7) is 11.2. The minimum atomic E-state index is -3.85. The number of sulfonamides is 1. The van der Waals surface area contributed by atoms with Gasteiger partial charge in [-0.05, 0) is 56.3 Å². The largest absolute Gasteiger partial charge is 0.343 e. The molecule has 4 fully saturated rings. The number of nitrogens with one attached hydrogen (secondary N) is 1. The molecule has 0 radical (unpaired) electrons. The molecule has 3 amide bonds. The molecule has 2 aliphatic carbocycles. The van der Waals surface area contributed by atoms with E-state index in [0.29, 0.717) is 31.6 Å². The van der Waals surface area contributed by atoms with E-state index >= 15 is 0 Å². The predicted octanol–water partition coefficient (Wildman–Crippen LogP) is 5.58. The van der Waals surface area contributed by atoms with Crippen LogP contribution in [0.15, 0.2) is 73.3 Å². The number of carbonyl (C=O) groups is 4. The van der Waals surface area contributed by atoms with Gasteiger partial charge in [-0.1, -0.05) is 92.7 Å². The zero-order valence-corrected chi connectivity index (χ0v) is 32.8. The Balaban J connectivity index is 1.24. The van der Waals surface area contributed by atoms with Gasteiger partial charge in [0.2, 0.25) is 27.7 Å². The number of hydrogen-bond acceptors (Lipinski definition) is 8. The van der Waals surface area contributed by atoms with Crippen LogP contribution in [0, 0.1) is 22.7 Å². The van der Waals surface area contributed by atoms with Gasteiger partial charge >= 0.3 is 0 Å². The molecule has 4 aliphatic rings. The monoisotopic (exact) mass is 768 g/mol. The highest BCUT2D eigenvalue weighted by atomic mass is 32.2. The lowest BCUT2D eigenvalue weighted by atomic mass is 9.77. The van der Waals surface area contributed by atoms with Crippen molar-refractivity contribution in [2.24, 2.45) is 22.7 Å². The third-order valence-corrected chi connectivity index (χ3v) is 13.9. The van der Waals surface area contributed by atoms with Crippen LogP contribution in [0.3, 0.4) is 0 Å². The summed E-state index contributed by atoms with van der Waals surface area (Å²) in [5.74, 6) is -2.50. The molecular formula is C42H52N6O6S. The number of Topliss-reactive ketones (excluding diaryl/α,β-unsaturated/α-hetero) is 1. The fourth-order valence-electron chi connectivity index (χ4n) is 8.46. The van der Waals surface area contributed by atoms with Gasteiger partial charge in [-0.3, -0.25) is 23.9 Å². The van der Waals surface area contributed by atoms with Gasteiger partial charge in [0.05, 0.1) is 34.4 Å². The smallest absolute Gasteiger partial charge is 0.240 e. The van der Waals surface area contributed by atoms with Gasteiger partial charge in [0.1, 0.15) is 5.69 Å². The van der Waals surface area contributed by atoms with Crippen molar-refractivity contribution in [1.29, 1.82) is 0 Å². The Morgan fingerprint density at radius 1 is 0.964 bits per heavy atom. The molecule has 3 heterocycles. The van der Waals surface area contributed by atoms with Crippen molar-refractivity contribution < 1.29 is 27.6 Å². The lowest BCUT2D eigenvalue weighted by molar-refractivity contribution is -0.148. The highest BCUT2D eigenvalue weighted by molar-refractivity contribution is 7.90. The summed E-state index contributed by atoms with van der Waals surface area (Å²) in [6.07, 6.45) is 5.79. The number of piperidine rings is 1. The zero-order valence-electron chi connectivity index (χ0n) is 32.0. The van der Waals surface area contributed by atoms with Crippen molar-refractivity contribution in [2.75, 3.05) is 19.6 Å². The quantitative estimate of drug-likeness (QED) is 0.222. The van der Waals surface area contributed by atoms with Crippen LogP contribution < -0.4 is 4.72 Å². The second-order valence-corrected chi connectivity index (χ2v) is 18.9. The van der Waals surface area contributed by atoms with E-state index in [1.54, 1.807) is 11.0 Å². The molecule has 2 saturated heterocycles. The Bertz CT molecular complexity index is 2050. The number of carbonyl (C=O) groups excluding carboxylic acids is 4. The van der Waals surface area contributed by atoms with Crippen LogP contribution in [0.1, 0.15) is 84.6 Å². The van der Waals surface area contributed by atoms with E-state index in [9.17, 15) is 27.6 Å². The standard InChI is InChI=1S/C42H52N6O6S/c1-5-30-25-42(30,40(52)44-55(53,54)32-19-20-32)26-35(49)34-23-31(27-47(34)39(51)33(41(2,3)4)24-36(50)46-21-13-8-14-22-46)48-38(29-17-11-7-12-18-29)37(43-45-48)28-15-9-6-10-16-28/h5-7,9-12,15-18,30-34H,1,8,13-14,19-27H2,2-4H3,(H,44,52)/t30-,31-,33-,34+,42-/m1/s1. The van der Waals surface area contributed by atoms with Crippen LogP contribution in [0.5, 0.6) is 0 Å². The Morgan fingerprint density at radius 2 is 1.60 bits per heavy atom. The number of aromatic nitrogens is 3. The first-order valence-corrected chi connectivity index (χ1v) is 21.1. The first-order chi connectivity index (χ1) is 26.2.